The van der Waals surface area contributed by atoms with E-state index in [-0.39, 0.29) is 6.04 Å². The van der Waals surface area contributed by atoms with Crippen LogP contribution < -0.4 is 10.1 Å². The smallest absolute Gasteiger partial charge is 0.405 e. The summed E-state index contributed by atoms with van der Waals surface area (Å²) in [6.45, 7) is 0.406. The van der Waals surface area contributed by atoms with Crippen LogP contribution in [0.15, 0.2) is 24.3 Å². The van der Waals surface area contributed by atoms with Gasteiger partial charge in [0.15, 0.2) is 0 Å². The number of carboxylic acid groups (broad SMARTS) is 1. The van der Waals surface area contributed by atoms with E-state index < -0.39 is 6.09 Å². The third kappa shape index (κ3) is 1.79. The van der Waals surface area contributed by atoms with Crippen molar-refractivity contribution in [3.63, 3.8) is 0 Å². The van der Waals surface area contributed by atoms with Crippen molar-refractivity contribution in [3.8, 4) is 5.75 Å². The normalized spacial score (nSPS) is 19.3. The summed E-state index contributed by atoms with van der Waals surface area (Å²) >= 11 is 0. The number of amides is 1. The van der Waals surface area contributed by atoms with Gasteiger partial charge in [-0.15, -0.1) is 0 Å². The summed E-state index contributed by atoms with van der Waals surface area (Å²) in [6.07, 6.45) is -0.305. The maximum Gasteiger partial charge on any atom is 0.405 e. The first-order valence-electron chi connectivity index (χ1n) is 4.46. The van der Waals surface area contributed by atoms with Crippen molar-refractivity contribution in [1.82, 2.24) is 5.32 Å². The monoisotopic (exact) mass is 193 g/mol. The lowest BCUT2D eigenvalue weighted by Crippen LogP contribution is -2.41. The number of fused-ring (bicyclic) bond motifs is 1. The molecule has 0 aliphatic carbocycles. The zero-order chi connectivity index (χ0) is 9.97. The Labute approximate surface area is 81.5 Å². The number of hydrogen-bond donors (Lipinski definition) is 2. The molecule has 74 valence electrons. The molecule has 0 radical (unpaired) electrons. The van der Waals surface area contributed by atoms with Crippen LogP contribution in [0.3, 0.4) is 0 Å². The number of carbonyl (C=O) groups is 1. The fourth-order valence-electron chi connectivity index (χ4n) is 1.60. The second kappa shape index (κ2) is 3.57. The first kappa shape index (κ1) is 8.87. The second-order valence-corrected chi connectivity index (χ2v) is 3.27. The fourth-order valence-corrected chi connectivity index (χ4v) is 1.60. The largest absolute Gasteiger partial charge is 0.491 e. The summed E-state index contributed by atoms with van der Waals surface area (Å²) in [5.74, 6) is 0.857. The van der Waals surface area contributed by atoms with Crippen LogP contribution in [0.2, 0.25) is 0 Å². The van der Waals surface area contributed by atoms with Crippen LogP contribution in [0.5, 0.6) is 5.75 Å². The molecule has 4 heteroatoms. The third-order valence-corrected chi connectivity index (χ3v) is 2.21. The minimum Gasteiger partial charge on any atom is -0.491 e. The van der Waals surface area contributed by atoms with E-state index in [0.29, 0.717) is 13.0 Å². The first-order chi connectivity index (χ1) is 6.75. The summed E-state index contributed by atoms with van der Waals surface area (Å²) in [5, 5.41) is 11.0. The van der Waals surface area contributed by atoms with Gasteiger partial charge in [-0.3, -0.25) is 0 Å². The lowest BCUT2D eigenvalue weighted by molar-refractivity contribution is 0.176. The molecule has 1 unspecified atom stereocenters. The first-order valence-corrected chi connectivity index (χ1v) is 4.46. The van der Waals surface area contributed by atoms with Crippen LogP contribution in [0, 0.1) is 0 Å². The van der Waals surface area contributed by atoms with Gasteiger partial charge in [-0.25, -0.2) is 4.79 Å². The molecule has 1 aromatic carbocycles. The summed E-state index contributed by atoms with van der Waals surface area (Å²) in [5.41, 5.74) is 1.05. The molecular formula is C10H11NO3. The Balaban J connectivity index is 2.09. The molecule has 1 aliphatic heterocycles. The Kier molecular flexibility index (Phi) is 2.26. The topological polar surface area (TPSA) is 58.6 Å². The highest BCUT2D eigenvalue weighted by Crippen LogP contribution is 2.23. The lowest BCUT2D eigenvalue weighted by Gasteiger charge is -2.24. The average molecular weight is 193 g/mol. The van der Waals surface area contributed by atoms with Gasteiger partial charge in [-0.05, 0) is 18.1 Å². The summed E-state index contributed by atoms with van der Waals surface area (Å²) < 4.78 is 5.41. The summed E-state index contributed by atoms with van der Waals surface area (Å²) in [7, 11) is 0. The van der Waals surface area contributed by atoms with Gasteiger partial charge in [-0.2, -0.15) is 0 Å². The maximum atomic E-state index is 10.4. The molecule has 0 saturated carbocycles. The molecule has 0 aromatic heterocycles. The Morgan fingerprint density at radius 1 is 1.50 bits per heavy atom. The maximum absolute atomic E-state index is 10.4. The van der Waals surface area contributed by atoms with Crippen molar-refractivity contribution >= 4 is 6.09 Å². The number of ether oxygens (including phenoxy) is 1. The molecule has 1 atom stereocenters. The molecule has 2 N–H and O–H groups in total. The Morgan fingerprint density at radius 2 is 2.29 bits per heavy atom. The lowest BCUT2D eigenvalue weighted by atomic mass is 10.0. The van der Waals surface area contributed by atoms with E-state index in [0.717, 1.165) is 11.3 Å². The number of benzene rings is 1. The average Bonchev–Trinajstić information content (AvgIpc) is 2.17. The quantitative estimate of drug-likeness (QED) is 0.705. The predicted octanol–water partition coefficient (Wildman–Crippen LogP) is 1.26. The van der Waals surface area contributed by atoms with Gasteiger partial charge in [0, 0.05) is 0 Å². The zero-order valence-corrected chi connectivity index (χ0v) is 7.56. The van der Waals surface area contributed by atoms with Gasteiger partial charge in [0.25, 0.3) is 0 Å². The van der Waals surface area contributed by atoms with Crippen LogP contribution in [-0.4, -0.2) is 23.8 Å². The van der Waals surface area contributed by atoms with E-state index in [1.54, 1.807) is 0 Å². The van der Waals surface area contributed by atoms with E-state index in [1.165, 1.54) is 0 Å². The van der Waals surface area contributed by atoms with Gasteiger partial charge in [-0.1, -0.05) is 18.2 Å². The van der Waals surface area contributed by atoms with Gasteiger partial charge >= 0.3 is 6.09 Å². The van der Waals surface area contributed by atoms with E-state index in [9.17, 15) is 4.79 Å². The molecule has 1 aliphatic rings. The highest BCUT2D eigenvalue weighted by molar-refractivity contribution is 5.65. The molecule has 1 amide bonds. The number of nitrogens with one attached hydrogen (secondary N) is 1. The molecule has 0 fully saturated rings. The standard InChI is InChI=1S/C10H11NO3/c12-10(13)11-8-5-7-3-1-2-4-9(7)14-6-8/h1-4,8,11H,5-6H2,(H,12,13). The molecule has 2 rings (SSSR count). The Hall–Kier alpha value is -1.71. The van der Waals surface area contributed by atoms with E-state index >= 15 is 0 Å². The van der Waals surface area contributed by atoms with Gasteiger partial charge < -0.3 is 15.2 Å². The van der Waals surface area contributed by atoms with Crippen molar-refractivity contribution in [2.45, 2.75) is 12.5 Å². The highest BCUT2D eigenvalue weighted by Gasteiger charge is 2.20. The fraction of sp³-hybridized carbons (Fsp3) is 0.300. The molecule has 0 spiro atoms. The van der Waals surface area contributed by atoms with Gasteiger partial charge in [0.2, 0.25) is 0 Å². The molecular weight excluding hydrogens is 182 g/mol. The van der Waals surface area contributed by atoms with E-state index in [4.69, 9.17) is 9.84 Å². The van der Waals surface area contributed by atoms with Crippen LogP contribution in [0.4, 0.5) is 4.79 Å². The second-order valence-electron chi connectivity index (χ2n) is 3.27. The minimum absolute atomic E-state index is 0.137. The minimum atomic E-state index is -1.00. The SMILES string of the molecule is O=C(O)NC1COc2ccccc2C1. The van der Waals surface area contributed by atoms with Crippen molar-refractivity contribution in [3.05, 3.63) is 29.8 Å². The number of para-hydroxylation sites is 1. The van der Waals surface area contributed by atoms with Crippen molar-refractivity contribution in [2.24, 2.45) is 0 Å². The Bertz CT molecular complexity index is 351. The Morgan fingerprint density at radius 3 is 3.07 bits per heavy atom. The number of rotatable bonds is 1. The van der Waals surface area contributed by atoms with Crippen molar-refractivity contribution < 1.29 is 14.6 Å². The van der Waals surface area contributed by atoms with Crippen LogP contribution in [0.25, 0.3) is 0 Å². The van der Waals surface area contributed by atoms with Gasteiger partial charge in [0.05, 0.1) is 6.04 Å². The van der Waals surface area contributed by atoms with Gasteiger partial charge in [0.1, 0.15) is 12.4 Å². The summed E-state index contributed by atoms with van der Waals surface area (Å²) in [6, 6.07) is 7.54. The van der Waals surface area contributed by atoms with E-state index in [2.05, 4.69) is 5.32 Å². The predicted molar refractivity (Wildman–Crippen MR) is 50.6 cm³/mol. The van der Waals surface area contributed by atoms with E-state index in [1.807, 2.05) is 24.3 Å². The van der Waals surface area contributed by atoms with Crippen LogP contribution in [-0.2, 0) is 6.42 Å². The van der Waals surface area contributed by atoms with Crippen LogP contribution in [0.1, 0.15) is 5.56 Å². The summed E-state index contributed by atoms with van der Waals surface area (Å²) in [4.78, 5) is 10.4. The highest BCUT2D eigenvalue weighted by atomic mass is 16.5. The molecule has 1 heterocycles. The molecule has 0 bridgehead atoms. The number of hydrogen-bond acceptors (Lipinski definition) is 2. The zero-order valence-electron chi connectivity index (χ0n) is 7.56. The van der Waals surface area contributed by atoms with Crippen molar-refractivity contribution in [2.75, 3.05) is 6.61 Å². The third-order valence-electron chi connectivity index (χ3n) is 2.21. The molecule has 14 heavy (non-hydrogen) atoms. The molecule has 1 aromatic rings. The van der Waals surface area contributed by atoms with Crippen LogP contribution >= 0.6 is 0 Å². The molecule has 4 nitrogen and oxygen atoms in total. The van der Waals surface area contributed by atoms with Crippen molar-refractivity contribution in [1.29, 1.82) is 0 Å². The molecule has 0 saturated heterocycles.